The average Bonchev–Trinajstić information content (AvgIpc) is 2.29. The molecule has 0 bridgehead atoms. The highest BCUT2D eigenvalue weighted by Crippen LogP contribution is 2.10. The zero-order valence-corrected chi connectivity index (χ0v) is 11.6. The maximum Gasteiger partial charge on any atom is 0.0237 e. The van der Waals surface area contributed by atoms with Crippen LogP contribution < -0.4 is 5.73 Å². The second kappa shape index (κ2) is 6.77. The molecule has 0 fully saturated rings. The molecule has 0 heterocycles. The topological polar surface area (TPSA) is 29.3 Å². The normalized spacial score (nSPS) is 13.6. The van der Waals surface area contributed by atoms with Crippen molar-refractivity contribution in [3.8, 4) is 0 Å². The van der Waals surface area contributed by atoms with E-state index in [2.05, 4.69) is 62.9 Å². The summed E-state index contributed by atoms with van der Waals surface area (Å²) in [5, 5.41) is 0. The summed E-state index contributed by atoms with van der Waals surface area (Å²) >= 11 is 0. The number of hydrogen-bond acceptors (Lipinski definition) is 2. The highest BCUT2D eigenvalue weighted by molar-refractivity contribution is 5.14. The van der Waals surface area contributed by atoms with Crippen LogP contribution in [-0.2, 0) is 6.54 Å². The molecule has 96 valence electrons. The largest absolute Gasteiger partial charge is 0.326 e. The molecule has 2 nitrogen and oxygen atoms in total. The van der Waals surface area contributed by atoms with E-state index >= 15 is 0 Å². The lowest BCUT2D eigenvalue weighted by Gasteiger charge is -2.30. The number of benzene rings is 1. The van der Waals surface area contributed by atoms with E-state index in [0.717, 1.165) is 13.1 Å². The van der Waals surface area contributed by atoms with E-state index in [4.69, 9.17) is 5.73 Å². The summed E-state index contributed by atoms with van der Waals surface area (Å²) in [5.41, 5.74) is 7.53. The van der Waals surface area contributed by atoms with Gasteiger partial charge in [-0.3, -0.25) is 4.90 Å². The molecule has 0 aromatic heterocycles. The van der Waals surface area contributed by atoms with E-state index < -0.39 is 0 Å². The molecule has 0 spiro atoms. The van der Waals surface area contributed by atoms with Gasteiger partial charge in [0, 0.05) is 25.2 Å². The van der Waals surface area contributed by atoms with Crippen LogP contribution in [0.15, 0.2) is 30.3 Å². The Morgan fingerprint density at radius 2 is 1.65 bits per heavy atom. The molecule has 0 amide bonds. The first-order chi connectivity index (χ1) is 8.00. The van der Waals surface area contributed by atoms with Crippen LogP contribution in [0.4, 0.5) is 0 Å². The SMILES string of the molecule is CC(C)[C@H](N)CN(Cc1ccccc1)C(C)C. The summed E-state index contributed by atoms with van der Waals surface area (Å²) in [4.78, 5) is 2.44. The van der Waals surface area contributed by atoms with E-state index in [0.29, 0.717) is 12.0 Å². The Balaban J connectivity index is 2.61. The third-order valence-electron chi connectivity index (χ3n) is 3.26. The van der Waals surface area contributed by atoms with Gasteiger partial charge in [0.2, 0.25) is 0 Å². The molecule has 0 radical (unpaired) electrons. The standard InChI is InChI=1S/C15H26N2/c1-12(2)15(16)11-17(13(3)4)10-14-8-6-5-7-9-14/h5-9,12-13,15H,10-11,16H2,1-4H3/t15-/m1/s1. The predicted molar refractivity (Wildman–Crippen MR) is 74.8 cm³/mol. The molecule has 1 rings (SSSR count). The minimum atomic E-state index is 0.251. The summed E-state index contributed by atoms with van der Waals surface area (Å²) in [7, 11) is 0. The maximum atomic E-state index is 6.17. The van der Waals surface area contributed by atoms with Gasteiger partial charge in [0.15, 0.2) is 0 Å². The molecular formula is C15H26N2. The lowest BCUT2D eigenvalue weighted by Crippen LogP contribution is -2.43. The van der Waals surface area contributed by atoms with E-state index in [9.17, 15) is 0 Å². The number of nitrogens with zero attached hydrogens (tertiary/aromatic N) is 1. The minimum absolute atomic E-state index is 0.251. The van der Waals surface area contributed by atoms with Crippen molar-refractivity contribution in [2.24, 2.45) is 11.7 Å². The lowest BCUT2D eigenvalue weighted by atomic mass is 10.0. The molecule has 0 aliphatic carbocycles. The molecule has 1 aromatic carbocycles. The van der Waals surface area contributed by atoms with Crippen molar-refractivity contribution in [1.82, 2.24) is 4.90 Å². The molecule has 17 heavy (non-hydrogen) atoms. The van der Waals surface area contributed by atoms with Crippen LogP contribution in [0.1, 0.15) is 33.3 Å². The Morgan fingerprint density at radius 3 is 2.12 bits per heavy atom. The Bertz CT molecular complexity index is 306. The summed E-state index contributed by atoms with van der Waals surface area (Å²) in [6.45, 7) is 10.8. The van der Waals surface area contributed by atoms with E-state index in [1.165, 1.54) is 5.56 Å². The summed E-state index contributed by atoms with van der Waals surface area (Å²) in [6, 6.07) is 11.4. The van der Waals surface area contributed by atoms with Crippen LogP contribution in [0, 0.1) is 5.92 Å². The highest BCUT2D eigenvalue weighted by Gasteiger charge is 2.16. The fourth-order valence-electron chi connectivity index (χ4n) is 1.76. The van der Waals surface area contributed by atoms with Crippen LogP contribution in [-0.4, -0.2) is 23.5 Å². The van der Waals surface area contributed by atoms with Gasteiger partial charge in [-0.25, -0.2) is 0 Å². The van der Waals surface area contributed by atoms with E-state index in [1.807, 2.05) is 0 Å². The zero-order valence-electron chi connectivity index (χ0n) is 11.6. The minimum Gasteiger partial charge on any atom is -0.326 e. The Hall–Kier alpha value is -0.860. The average molecular weight is 234 g/mol. The maximum absolute atomic E-state index is 6.17. The van der Waals surface area contributed by atoms with Crippen LogP contribution >= 0.6 is 0 Å². The summed E-state index contributed by atoms with van der Waals surface area (Å²) < 4.78 is 0. The van der Waals surface area contributed by atoms with Gasteiger partial charge in [0.1, 0.15) is 0 Å². The van der Waals surface area contributed by atoms with Gasteiger partial charge >= 0.3 is 0 Å². The smallest absolute Gasteiger partial charge is 0.0237 e. The number of hydrogen-bond donors (Lipinski definition) is 1. The van der Waals surface area contributed by atoms with Crippen LogP contribution in [0.2, 0.25) is 0 Å². The Kier molecular flexibility index (Phi) is 5.66. The van der Waals surface area contributed by atoms with Gasteiger partial charge in [-0.2, -0.15) is 0 Å². The van der Waals surface area contributed by atoms with Crippen molar-refractivity contribution in [3.05, 3.63) is 35.9 Å². The van der Waals surface area contributed by atoms with Gasteiger partial charge < -0.3 is 5.73 Å². The Labute approximate surface area is 106 Å². The fourth-order valence-corrected chi connectivity index (χ4v) is 1.76. The van der Waals surface area contributed by atoms with Crippen molar-refractivity contribution in [3.63, 3.8) is 0 Å². The van der Waals surface area contributed by atoms with Crippen molar-refractivity contribution in [2.45, 2.75) is 46.3 Å². The predicted octanol–water partition coefficient (Wildman–Crippen LogP) is 2.88. The second-order valence-electron chi connectivity index (χ2n) is 5.42. The highest BCUT2D eigenvalue weighted by atomic mass is 15.2. The van der Waals surface area contributed by atoms with Crippen molar-refractivity contribution >= 4 is 0 Å². The van der Waals surface area contributed by atoms with Crippen molar-refractivity contribution < 1.29 is 0 Å². The van der Waals surface area contributed by atoms with Gasteiger partial charge in [-0.05, 0) is 25.3 Å². The number of nitrogens with two attached hydrogens (primary N) is 1. The first-order valence-corrected chi connectivity index (χ1v) is 6.54. The van der Waals surface area contributed by atoms with Gasteiger partial charge in [-0.1, -0.05) is 44.2 Å². The quantitative estimate of drug-likeness (QED) is 0.820. The van der Waals surface area contributed by atoms with E-state index in [1.54, 1.807) is 0 Å². The molecule has 0 unspecified atom stereocenters. The molecular weight excluding hydrogens is 208 g/mol. The zero-order chi connectivity index (χ0) is 12.8. The Morgan fingerprint density at radius 1 is 1.06 bits per heavy atom. The second-order valence-corrected chi connectivity index (χ2v) is 5.42. The monoisotopic (exact) mass is 234 g/mol. The molecule has 1 aromatic rings. The van der Waals surface area contributed by atoms with Crippen LogP contribution in [0.25, 0.3) is 0 Å². The summed E-state index contributed by atoms with van der Waals surface area (Å²) in [5.74, 6) is 0.534. The van der Waals surface area contributed by atoms with Gasteiger partial charge in [-0.15, -0.1) is 0 Å². The first kappa shape index (κ1) is 14.2. The molecule has 0 saturated heterocycles. The molecule has 1 atom stereocenters. The fraction of sp³-hybridized carbons (Fsp3) is 0.600. The van der Waals surface area contributed by atoms with Crippen molar-refractivity contribution in [1.29, 1.82) is 0 Å². The molecule has 0 saturated carbocycles. The third-order valence-corrected chi connectivity index (χ3v) is 3.26. The number of rotatable bonds is 6. The van der Waals surface area contributed by atoms with Crippen molar-refractivity contribution in [2.75, 3.05) is 6.54 Å². The van der Waals surface area contributed by atoms with E-state index in [-0.39, 0.29) is 6.04 Å². The van der Waals surface area contributed by atoms with Gasteiger partial charge in [0.25, 0.3) is 0 Å². The van der Waals surface area contributed by atoms with Crippen LogP contribution in [0.3, 0.4) is 0 Å². The first-order valence-electron chi connectivity index (χ1n) is 6.54. The molecule has 0 aliphatic rings. The summed E-state index contributed by atoms with van der Waals surface area (Å²) in [6.07, 6.45) is 0. The molecule has 2 N–H and O–H groups in total. The van der Waals surface area contributed by atoms with Crippen LogP contribution in [0.5, 0.6) is 0 Å². The molecule has 2 heteroatoms. The molecule has 0 aliphatic heterocycles. The van der Waals surface area contributed by atoms with Gasteiger partial charge in [0.05, 0.1) is 0 Å². The lowest BCUT2D eigenvalue weighted by molar-refractivity contribution is 0.186. The third kappa shape index (κ3) is 4.88.